The van der Waals surface area contributed by atoms with Crippen LogP contribution in [0, 0.1) is 0 Å². The zero-order chi connectivity index (χ0) is 12.7. The lowest BCUT2D eigenvalue weighted by atomic mass is 10.3. The Hall–Kier alpha value is -1.60. The Morgan fingerprint density at radius 2 is 2.00 bits per heavy atom. The van der Waals surface area contributed by atoms with Crippen LogP contribution in [0.2, 0.25) is 0 Å². The highest BCUT2D eigenvalue weighted by molar-refractivity contribution is 5.85. The SMILES string of the molecule is CC(CN)n1c(=O)c2c(ncn2C)n(C)c1=O.Cl. The number of hydrogen-bond acceptors (Lipinski definition) is 4. The van der Waals surface area contributed by atoms with E-state index in [-0.39, 0.29) is 36.2 Å². The van der Waals surface area contributed by atoms with E-state index < -0.39 is 0 Å². The zero-order valence-electron chi connectivity index (χ0n) is 10.5. The molecule has 0 saturated heterocycles. The van der Waals surface area contributed by atoms with Gasteiger partial charge in [-0.1, -0.05) is 0 Å². The number of nitrogens with zero attached hydrogens (tertiary/aromatic N) is 4. The summed E-state index contributed by atoms with van der Waals surface area (Å²) in [6, 6.07) is -0.333. The monoisotopic (exact) mass is 273 g/mol. The Morgan fingerprint density at radius 3 is 2.56 bits per heavy atom. The Bertz CT molecular complexity index is 684. The van der Waals surface area contributed by atoms with Gasteiger partial charge in [-0.3, -0.25) is 13.9 Å². The average molecular weight is 274 g/mol. The molecule has 0 bridgehead atoms. The first-order chi connectivity index (χ1) is 7.99. The van der Waals surface area contributed by atoms with Crippen LogP contribution in [0.1, 0.15) is 13.0 Å². The fraction of sp³-hybridized carbons (Fsp3) is 0.500. The Labute approximate surface area is 109 Å². The first kappa shape index (κ1) is 14.5. The first-order valence-electron chi connectivity index (χ1n) is 5.31. The van der Waals surface area contributed by atoms with Crippen LogP contribution in [0.5, 0.6) is 0 Å². The predicted molar refractivity (Wildman–Crippen MR) is 71.2 cm³/mol. The standard InChI is InChI=1S/C10H15N5O2.ClH/c1-6(4-11)15-9(16)7-8(12-5-13(7)2)14(3)10(15)17;/h5-6H,4,11H2,1-3H3;1H. The van der Waals surface area contributed by atoms with Crippen molar-refractivity contribution in [3.63, 3.8) is 0 Å². The smallest absolute Gasteiger partial charge is 0.328 e. The lowest BCUT2D eigenvalue weighted by Gasteiger charge is -2.13. The highest BCUT2D eigenvalue weighted by Gasteiger charge is 2.17. The molecule has 0 amide bonds. The summed E-state index contributed by atoms with van der Waals surface area (Å²) in [5.74, 6) is 0. The first-order valence-corrected chi connectivity index (χ1v) is 5.31. The van der Waals surface area contributed by atoms with Gasteiger partial charge in [0.2, 0.25) is 0 Å². The summed E-state index contributed by atoms with van der Waals surface area (Å²) in [6.07, 6.45) is 1.52. The molecule has 2 heterocycles. The fourth-order valence-electron chi connectivity index (χ4n) is 1.86. The quantitative estimate of drug-likeness (QED) is 0.790. The van der Waals surface area contributed by atoms with Crippen LogP contribution in [0.3, 0.4) is 0 Å². The van der Waals surface area contributed by atoms with E-state index in [1.165, 1.54) is 15.5 Å². The third kappa shape index (κ3) is 1.85. The number of rotatable bonds is 2. The third-order valence-electron chi connectivity index (χ3n) is 2.93. The molecule has 2 aromatic heterocycles. The molecule has 8 heteroatoms. The van der Waals surface area contributed by atoms with Crippen LogP contribution in [0.15, 0.2) is 15.9 Å². The summed E-state index contributed by atoms with van der Waals surface area (Å²) in [7, 11) is 3.31. The fourth-order valence-corrected chi connectivity index (χ4v) is 1.86. The molecule has 0 aliphatic carbocycles. The summed E-state index contributed by atoms with van der Waals surface area (Å²) in [5, 5.41) is 0. The van der Waals surface area contributed by atoms with E-state index in [1.807, 2.05) is 0 Å². The molecule has 7 nitrogen and oxygen atoms in total. The molecule has 0 aromatic carbocycles. The molecular formula is C10H16ClN5O2. The van der Waals surface area contributed by atoms with Gasteiger partial charge >= 0.3 is 5.69 Å². The number of imidazole rings is 1. The number of nitrogens with two attached hydrogens (primary N) is 1. The van der Waals surface area contributed by atoms with Crippen molar-refractivity contribution in [2.75, 3.05) is 6.54 Å². The van der Waals surface area contributed by atoms with Crippen LogP contribution in [0.25, 0.3) is 11.2 Å². The Morgan fingerprint density at radius 1 is 1.39 bits per heavy atom. The van der Waals surface area contributed by atoms with Crippen LogP contribution >= 0.6 is 12.4 Å². The molecule has 1 unspecified atom stereocenters. The van der Waals surface area contributed by atoms with Gasteiger partial charge in [-0.15, -0.1) is 12.4 Å². The van der Waals surface area contributed by atoms with Crippen LogP contribution in [-0.2, 0) is 14.1 Å². The van der Waals surface area contributed by atoms with Crippen LogP contribution in [-0.4, -0.2) is 25.2 Å². The van der Waals surface area contributed by atoms with Gasteiger partial charge in [-0.2, -0.15) is 0 Å². The summed E-state index contributed by atoms with van der Waals surface area (Å²) >= 11 is 0. The molecule has 0 fully saturated rings. The van der Waals surface area contributed by atoms with Gasteiger partial charge in [0, 0.05) is 20.6 Å². The number of aromatic nitrogens is 4. The van der Waals surface area contributed by atoms with E-state index in [1.54, 1.807) is 25.6 Å². The lowest BCUT2D eigenvalue weighted by Crippen LogP contribution is -2.43. The minimum absolute atomic E-state index is 0. The number of hydrogen-bond donors (Lipinski definition) is 1. The second kappa shape index (κ2) is 4.95. The van der Waals surface area contributed by atoms with Crippen molar-refractivity contribution in [2.24, 2.45) is 19.8 Å². The average Bonchev–Trinajstić information content (AvgIpc) is 2.68. The highest BCUT2D eigenvalue weighted by atomic mass is 35.5. The van der Waals surface area contributed by atoms with Crippen LogP contribution in [0.4, 0.5) is 0 Å². The summed E-state index contributed by atoms with van der Waals surface area (Å²) in [6.45, 7) is 1.98. The molecule has 0 radical (unpaired) electrons. The second-order valence-corrected chi connectivity index (χ2v) is 4.13. The summed E-state index contributed by atoms with van der Waals surface area (Å²) in [5.41, 5.74) is 5.58. The van der Waals surface area contributed by atoms with Crippen molar-refractivity contribution in [1.29, 1.82) is 0 Å². The lowest BCUT2D eigenvalue weighted by molar-refractivity contribution is 0.501. The molecular weight excluding hydrogens is 258 g/mol. The van der Waals surface area contributed by atoms with E-state index >= 15 is 0 Å². The topological polar surface area (TPSA) is 87.8 Å². The molecule has 0 saturated carbocycles. The van der Waals surface area contributed by atoms with E-state index in [0.29, 0.717) is 11.2 Å². The van der Waals surface area contributed by atoms with Gasteiger partial charge < -0.3 is 10.3 Å². The maximum Gasteiger partial charge on any atom is 0.332 e. The molecule has 2 aromatic rings. The van der Waals surface area contributed by atoms with E-state index in [2.05, 4.69) is 4.98 Å². The minimum atomic E-state index is -0.390. The second-order valence-electron chi connectivity index (χ2n) is 4.13. The van der Waals surface area contributed by atoms with Crippen molar-refractivity contribution in [3.05, 3.63) is 27.2 Å². The molecule has 18 heavy (non-hydrogen) atoms. The van der Waals surface area contributed by atoms with Gasteiger partial charge in [0.1, 0.15) is 0 Å². The number of aryl methyl sites for hydroxylation is 2. The predicted octanol–water partition coefficient (Wildman–Crippen LogP) is -0.625. The molecule has 2 N–H and O–H groups in total. The maximum atomic E-state index is 12.2. The van der Waals surface area contributed by atoms with Gasteiger partial charge in [0.15, 0.2) is 11.2 Å². The Kier molecular flexibility index (Phi) is 3.98. The summed E-state index contributed by atoms with van der Waals surface area (Å²) in [4.78, 5) is 28.3. The summed E-state index contributed by atoms with van der Waals surface area (Å²) < 4.78 is 4.14. The zero-order valence-corrected chi connectivity index (χ0v) is 11.3. The molecule has 100 valence electrons. The highest BCUT2D eigenvalue weighted by Crippen LogP contribution is 2.05. The van der Waals surface area contributed by atoms with Gasteiger partial charge in [-0.25, -0.2) is 9.78 Å². The molecule has 2 rings (SSSR count). The van der Waals surface area contributed by atoms with Crippen LogP contribution < -0.4 is 17.0 Å². The largest absolute Gasteiger partial charge is 0.332 e. The normalized spacial score (nSPS) is 12.4. The minimum Gasteiger partial charge on any atom is -0.328 e. The maximum absolute atomic E-state index is 12.2. The molecule has 0 aliphatic heterocycles. The molecule has 1 atom stereocenters. The number of fused-ring (bicyclic) bond motifs is 1. The van der Waals surface area contributed by atoms with Crippen molar-refractivity contribution in [3.8, 4) is 0 Å². The van der Waals surface area contributed by atoms with E-state index in [9.17, 15) is 9.59 Å². The van der Waals surface area contributed by atoms with Gasteiger partial charge in [-0.05, 0) is 6.92 Å². The van der Waals surface area contributed by atoms with Crippen molar-refractivity contribution in [2.45, 2.75) is 13.0 Å². The van der Waals surface area contributed by atoms with Crippen molar-refractivity contribution in [1.82, 2.24) is 18.7 Å². The number of halogens is 1. The third-order valence-corrected chi connectivity index (χ3v) is 2.93. The molecule has 0 aliphatic rings. The van der Waals surface area contributed by atoms with E-state index in [4.69, 9.17) is 5.73 Å². The Balaban J connectivity index is 0.00000162. The van der Waals surface area contributed by atoms with Crippen molar-refractivity contribution < 1.29 is 0 Å². The van der Waals surface area contributed by atoms with Gasteiger partial charge in [0.05, 0.1) is 12.4 Å². The van der Waals surface area contributed by atoms with E-state index in [0.717, 1.165) is 0 Å². The van der Waals surface area contributed by atoms with Crippen molar-refractivity contribution >= 4 is 23.6 Å². The van der Waals surface area contributed by atoms with Gasteiger partial charge in [0.25, 0.3) is 5.56 Å². The molecule has 0 spiro atoms.